The fourth-order valence-electron chi connectivity index (χ4n) is 1.92. The molecule has 0 aliphatic carbocycles. The Balaban J connectivity index is 2.25. The van der Waals surface area contributed by atoms with Gasteiger partial charge in [0.2, 0.25) is 0 Å². The Morgan fingerprint density at radius 2 is 2.06 bits per heavy atom. The van der Waals surface area contributed by atoms with E-state index in [9.17, 15) is 4.79 Å². The van der Waals surface area contributed by atoms with Crippen LogP contribution in [-0.2, 0) is 19.0 Å². The summed E-state index contributed by atoms with van der Waals surface area (Å²) < 4.78 is 15.9. The fraction of sp³-hybridized carbons (Fsp3) is 0.875. The Bertz CT molecular complexity index is 347. The molecule has 8 nitrogen and oxygen atoms in total. The van der Waals surface area contributed by atoms with Crippen molar-refractivity contribution in [2.45, 2.75) is 44.2 Å². The number of azide groups is 1. The minimum Gasteiger partial charge on any atom is -0.479 e. The summed E-state index contributed by atoms with van der Waals surface area (Å²) >= 11 is 0. The molecular formula is C8H11N3O5. The van der Waals surface area contributed by atoms with Gasteiger partial charge in [-0.1, -0.05) is 5.11 Å². The lowest BCUT2D eigenvalue weighted by atomic mass is 10.1. The number of hydrogen-bond acceptors (Lipinski definition) is 5. The van der Waals surface area contributed by atoms with Gasteiger partial charge in [0.05, 0.1) is 0 Å². The molecule has 0 bridgehead atoms. The first-order chi connectivity index (χ1) is 7.44. The van der Waals surface area contributed by atoms with Crippen molar-refractivity contribution in [2.24, 2.45) is 5.11 Å². The lowest BCUT2D eigenvalue weighted by Gasteiger charge is -2.21. The summed E-state index contributed by atoms with van der Waals surface area (Å²) in [6.07, 6.45) is -3.55. The quantitative estimate of drug-likeness (QED) is 0.423. The minimum absolute atomic E-state index is 0.674. The third-order valence-corrected chi connectivity index (χ3v) is 2.44. The Morgan fingerprint density at radius 1 is 1.44 bits per heavy atom. The molecule has 0 aromatic carbocycles. The van der Waals surface area contributed by atoms with E-state index in [1.807, 2.05) is 0 Å². The molecule has 8 heteroatoms. The van der Waals surface area contributed by atoms with Crippen LogP contribution in [0, 0.1) is 0 Å². The van der Waals surface area contributed by atoms with Gasteiger partial charge < -0.3 is 19.3 Å². The summed E-state index contributed by atoms with van der Waals surface area (Å²) in [6.45, 7) is 3.33. The maximum absolute atomic E-state index is 10.9. The second kappa shape index (κ2) is 3.60. The number of carboxylic acids is 1. The van der Waals surface area contributed by atoms with E-state index in [2.05, 4.69) is 10.0 Å². The third-order valence-electron chi connectivity index (χ3n) is 2.44. The highest BCUT2D eigenvalue weighted by Crippen LogP contribution is 2.39. The van der Waals surface area contributed by atoms with E-state index in [0.29, 0.717) is 0 Å². The molecule has 2 saturated heterocycles. The van der Waals surface area contributed by atoms with Gasteiger partial charge in [0, 0.05) is 4.91 Å². The van der Waals surface area contributed by atoms with Crippen LogP contribution in [0.25, 0.3) is 10.4 Å². The predicted octanol–water partition coefficient (Wildman–Crippen LogP) is 0.626. The van der Waals surface area contributed by atoms with Gasteiger partial charge in [0.1, 0.15) is 12.2 Å². The standard InChI is InChI=1S/C8H11N3O5/c1-8(2)15-3-4(16-8)6(10-11-9)14-5(3)7(12)13/h3-6H,1-2H3,(H,12,13). The molecule has 4 atom stereocenters. The normalized spacial score (nSPS) is 40.1. The lowest BCUT2D eigenvalue weighted by molar-refractivity contribution is -0.193. The van der Waals surface area contributed by atoms with Crippen molar-refractivity contribution >= 4 is 5.97 Å². The van der Waals surface area contributed by atoms with E-state index >= 15 is 0 Å². The fourth-order valence-corrected chi connectivity index (χ4v) is 1.92. The van der Waals surface area contributed by atoms with Crippen LogP contribution in [0.2, 0.25) is 0 Å². The van der Waals surface area contributed by atoms with Gasteiger partial charge in [-0.3, -0.25) is 0 Å². The summed E-state index contributed by atoms with van der Waals surface area (Å²) in [4.78, 5) is 13.5. The molecular weight excluding hydrogens is 218 g/mol. The zero-order chi connectivity index (χ0) is 11.9. The van der Waals surface area contributed by atoms with Gasteiger partial charge in [-0.2, -0.15) is 0 Å². The molecule has 0 amide bonds. The van der Waals surface area contributed by atoms with Gasteiger partial charge in [0.25, 0.3) is 0 Å². The van der Waals surface area contributed by atoms with Gasteiger partial charge in [-0.15, -0.1) is 0 Å². The smallest absolute Gasteiger partial charge is 0.335 e. The van der Waals surface area contributed by atoms with E-state index in [-0.39, 0.29) is 0 Å². The lowest BCUT2D eigenvalue weighted by Crippen LogP contribution is -2.35. The second-order valence-electron chi connectivity index (χ2n) is 4.06. The molecule has 0 spiro atoms. The van der Waals surface area contributed by atoms with Crippen molar-refractivity contribution in [2.75, 3.05) is 0 Å². The Labute approximate surface area is 90.7 Å². The minimum atomic E-state index is -1.16. The van der Waals surface area contributed by atoms with Crippen molar-refractivity contribution in [3.05, 3.63) is 10.4 Å². The van der Waals surface area contributed by atoms with E-state index in [1.165, 1.54) is 0 Å². The topological polar surface area (TPSA) is 114 Å². The van der Waals surface area contributed by atoms with Gasteiger partial charge in [-0.25, -0.2) is 4.79 Å². The number of carbonyl (C=O) groups is 1. The average Bonchev–Trinajstić information content (AvgIpc) is 2.61. The first-order valence-electron chi connectivity index (χ1n) is 4.73. The molecule has 16 heavy (non-hydrogen) atoms. The van der Waals surface area contributed by atoms with Crippen molar-refractivity contribution in [3.63, 3.8) is 0 Å². The van der Waals surface area contributed by atoms with Crippen LogP contribution in [0.15, 0.2) is 5.11 Å². The van der Waals surface area contributed by atoms with Crippen molar-refractivity contribution in [1.29, 1.82) is 0 Å². The average molecular weight is 229 g/mol. The van der Waals surface area contributed by atoms with Crippen LogP contribution in [0.4, 0.5) is 0 Å². The number of hydrogen-bond donors (Lipinski definition) is 1. The maximum Gasteiger partial charge on any atom is 0.335 e. The Kier molecular flexibility index (Phi) is 2.51. The third kappa shape index (κ3) is 1.72. The summed E-state index contributed by atoms with van der Waals surface area (Å²) in [7, 11) is 0. The van der Waals surface area contributed by atoms with Crippen LogP contribution in [0.5, 0.6) is 0 Å². The molecule has 0 saturated carbocycles. The van der Waals surface area contributed by atoms with Crippen molar-refractivity contribution in [3.8, 4) is 0 Å². The van der Waals surface area contributed by atoms with E-state index in [0.717, 1.165) is 0 Å². The van der Waals surface area contributed by atoms with E-state index < -0.39 is 36.3 Å². The van der Waals surface area contributed by atoms with E-state index in [1.54, 1.807) is 13.8 Å². The summed E-state index contributed by atoms with van der Waals surface area (Å²) in [5, 5.41) is 12.3. The monoisotopic (exact) mass is 229 g/mol. The SMILES string of the molecule is CC1(C)OC2C(N=[N+]=[N-])OC(C(=O)O)C2O1. The van der Waals surface area contributed by atoms with E-state index in [4.69, 9.17) is 24.8 Å². The van der Waals surface area contributed by atoms with Crippen molar-refractivity contribution < 1.29 is 24.1 Å². The summed E-state index contributed by atoms with van der Waals surface area (Å²) in [6, 6.07) is 0. The first kappa shape index (κ1) is 11.2. The Morgan fingerprint density at radius 3 is 2.62 bits per heavy atom. The summed E-state index contributed by atoms with van der Waals surface area (Å²) in [5.74, 6) is -2.05. The zero-order valence-corrected chi connectivity index (χ0v) is 8.73. The number of carboxylic acid groups (broad SMARTS) is 1. The molecule has 1 N–H and O–H groups in total. The molecule has 2 fully saturated rings. The molecule has 0 aromatic heterocycles. The zero-order valence-electron chi connectivity index (χ0n) is 8.73. The molecule has 0 aromatic rings. The van der Waals surface area contributed by atoms with Crippen LogP contribution < -0.4 is 0 Å². The molecule has 2 heterocycles. The van der Waals surface area contributed by atoms with Crippen molar-refractivity contribution in [1.82, 2.24) is 0 Å². The number of aliphatic carboxylic acids is 1. The first-order valence-corrected chi connectivity index (χ1v) is 4.73. The number of fused-ring (bicyclic) bond motifs is 1. The number of nitrogens with zero attached hydrogens (tertiary/aromatic N) is 3. The molecule has 2 rings (SSSR count). The molecule has 2 aliphatic rings. The molecule has 4 unspecified atom stereocenters. The largest absolute Gasteiger partial charge is 0.479 e. The molecule has 2 aliphatic heterocycles. The van der Waals surface area contributed by atoms with Gasteiger partial charge in [0.15, 0.2) is 18.1 Å². The summed E-state index contributed by atoms with van der Waals surface area (Å²) in [5.41, 5.74) is 8.34. The second-order valence-corrected chi connectivity index (χ2v) is 4.06. The van der Waals surface area contributed by atoms with Gasteiger partial charge >= 0.3 is 5.97 Å². The number of rotatable bonds is 2. The Hall–Kier alpha value is -1.34. The molecule has 88 valence electrons. The highest BCUT2D eigenvalue weighted by Gasteiger charge is 2.57. The highest BCUT2D eigenvalue weighted by atomic mass is 16.8. The van der Waals surface area contributed by atoms with Crippen LogP contribution in [0.1, 0.15) is 13.8 Å². The van der Waals surface area contributed by atoms with Crippen LogP contribution in [0.3, 0.4) is 0 Å². The maximum atomic E-state index is 10.9. The predicted molar refractivity (Wildman–Crippen MR) is 49.3 cm³/mol. The van der Waals surface area contributed by atoms with Crippen LogP contribution in [-0.4, -0.2) is 41.4 Å². The number of ether oxygens (including phenoxy) is 3. The van der Waals surface area contributed by atoms with Crippen LogP contribution >= 0.6 is 0 Å². The molecule has 0 radical (unpaired) electrons. The van der Waals surface area contributed by atoms with Gasteiger partial charge in [-0.05, 0) is 19.4 Å². The highest BCUT2D eigenvalue weighted by molar-refractivity contribution is 5.73.